The molecule has 3 heterocycles. The predicted octanol–water partition coefficient (Wildman–Crippen LogP) is 4.35. The molecule has 8 nitrogen and oxygen atoms in total. The van der Waals surface area contributed by atoms with Gasteiger partial charge < -0.3 is 20.4 Å². The molecule has 1 amide bonds. The lowest BCUT2D eigenvalue weighted by Gasteiger charge is -2.23. The van der Waals surface area contributed by atoms with Crippen molar-refractivity contribution in [2.75, 3.05) is 32.8 Å². The number of aromatic nitrogens is 3. The summed E-state index contributed by atoms with van der Waals surface area (Å²) in [5, 5.41) is 6.15. The van der Waals surface area contributed by atoms with Gasteiger partial charge in [-0.25, -0.2) is 14.4 Å². The number of fused-ring (bicyclic) bond motifs is 1. The van der Waals surface area contributed by atoms with Crippen molar-refractivity contribution in [3.05, 3.63) is 71.6 Å². The maximum Gasteiger partial charge on any atom is 0.257 e. The molecule has 1 fully saturated rings. The third-order valence-corrected chi connectivity index (χ3v) is 6.70. The van der Waals surface area contributed by atoms with E-state index in [9.17, 15) is 9.18 Å². The fourth-order valence-electron chi connectivity index (χ4n) is 4.48. The lowest BCUT2D eigenvalue weighted by molar-refractivity contribution is 0.0960. The molecule has 9 heteroatoms. The van der Waals surface area contributed by atoms with Gasteiger partial charge in [-0.15, -0.1) is 0 Å². The first-order valence-electron chi connectivity index (χ1n) is 13.0. The zero-order valence-corrected chi connectivity index (χ0v) is 21.1. The van der Waals surface area contributed by atoms with Gasteiger partial charge in [-0.05, 0) is 68.3 Å². The standard InChI is InChI=1S/C28H33FN6O2/c1-2-14-35(15-11-19-3-4-19)16-17-37-24-10-12-30-18-23(24)32-28(36)22-9-13-31-27-25(22)33-26(34-27)20-5-7-21(29)8-6-20/h5-10,12-13,19,30H,2-4,11,14-18H2,1H3,(H,32,36)(H,31,33,34). The van der Waals surface area contributed by atoms with Gasteiger partial charge in [0.2, 0.25) is 0 Å². The SMILES string of the molecule is CCCN(CCOC1=C(NC(=O)c2ccnc3nc(-c4ccc(F)cc4)[nH]c23)CNC=C1)CCC1CC1. The third kappa shape index (κ3) is 6.35. The number of aromatic amines is 1. The summed E-state index contributed by atoms with van der Waals surface area (Å²) in [5.41, 5.74) is 2.74. The molecule has 5 rings (SSSR count). The highest BCUT2D eigenvalue weighted by atomic mass is 19.1. The molecule has 0 atom stereocenters. The normalized spacial score (nSPS) is 15.3. The highest BCUT2D eigenvalue weighted by Gasteiger charge is 2.22. The molecule has 3 N–H and O–H groups in total. The molecule has 0 spiro atoms. The van der Waals surface area contributed by atoms with E-state index in [2.05, 4.69) is 37.4 Å². The Morgan fingerprint density at radius 3 is 2.81 bits per heavy atom. The first-order chi connectivity index (χ1) is 18.1. The van der Waals surface area contributed by atoms with Crippen LogP contribution in [-0.2, 0) is 4.74 Å². The molecule has 0 unspecified atom stereocenters. The Hall–Kier alpha value is -3.72. The topological polar surface area (TPSA) is 95.2 Å². The number of allylic oxidation sites excluding steroid dienone is 1. The first kappa shape index (κ1) is 25.0. The number of rotatable bonds is 12. The summed E-state index contributed by atoms with van der Waals surface area (Å²) in [5.74, 6) is 1.49. The van der Waals surface area contributed by atoms with Crippen molar-refractivity contribution in [1.29, 1.82) is 0 Å². The van der Waals surface area contributed by atoms with Crippen molar-refractivity contribution in [2.24, 2.45) is 5.92 Å². The van der Waals surface area contributed by atoms with E-state index in [0.717, 1.165) is 32.0 Å². The molecule has 0 bridgehead atoms. The van der Waals surface area contributed by atoms with Gasteiger partial charge in [0, 0.05) is 24.5 Å². The number of nitrogens with one attached hydrogen (secondary N) is 3. The summed E-state index contributed by atoms with van der Waals surface area (Å²) in [6.07, 6.45) is 10.4. The van der Waals surface area contributed by atoms with Crippen LogP contribution in [0.3, 0.4) is 0 Å². The van der Waals surface area contributed by atoms with Gasteiger partial charge >= 0.3 is 0 Å². The molecule has 1 aliphatic heterocycles. The van der Waals surface area contributed by atoms with E-state index in [-0.39, 0.29) is 11.7 Å². The quantitative estimate of drug-likeness (QED) is 0.340. The Morgan fingerprint density at radius 2 is 2.03 bits per heavy atom. The Kier molecular flexibility index (Phi) is 7.79. The van der Waals surface area contributed by atoms with Crippen LogP contribution in [0.4, 0.5) is 4.39 Å². The minimum absolute atomic E-state index is 0.285. The minimum Gasteiger partial charge on any atom is -0.490 e. The van der Waals surface area contributed by atoms with E-state index < -0.39 is 0 Å². The number of carbonyl (C=O) groups is 1. The summed E-state index contributed by atoms with van der Waals surface area (Å²) < 4.78 is 19.4. The van der Waals surface area contributed by atoms with Gasteiger partial charge in [-0.3, -0.25) is 9.69 Å². The highest BCUT2D eigenvalue weighted by Crippen LogP contribution is 2.32. The Morgan fingerprint density at radius 1 is 1.19 bits per heavy atom. The molecule has 3 aromatic rings. The molecular formula is C28H33FN6O2. The van der Waals surface area contributed by atoms with E-state index in [1.165, 1.54) is 31.4 Å². The average molecular weight is 505 g/mol. The van der Waals surface area contributed by atoms with Gasteiger partial charge in [0.15, 0.2) is 5.65 Å². The molecule has 1 aliphatic carbocycles. The fraction of sp³-hybridized carbons (Fsp3) is 0.393. The van der Waals surface area contributed by atoms with E-state index >= 15 is 0 Å². The lowest BCUT2D eigenvalue weighted by Crippen LogP contribution is -2.33. The van der Waals surface area contributed by atoms with Crippen molar-refractivity contribution in [1.82, 2.24) is 30.5 Å². The van der Waals surface area contributed by atoms with E-state index in [4.69, 9.17) is 4.74 Å². The van der Waals surface area contributed by atoms with E-state index in [1.807, 2.05) is 12.3 Å². The van der Waals surface area contributed by atoms with Crippen molar-refractivity contribution in [2.45, 2.75) is 32.6 Å². The Bertz CT molecular complexity index is 1300. The molecule has 0 radical (unpaired) electrons. The zero-order valence-electron chi connectivity index (χ0n) is 21.1. The van der Waals surface area contributed by atoms with Crippen LogP contribution in [0.25, 0.3) is 22.6 Å². The lowest BCUT2D eigenvalue weighted by atomic mass is 10.2. The molecule has 2 aromatic heterocycles. The van der Waals surface area contributed by atoms with Crippen molar-refractivity contribution < 1.29 is 13.9 Å². The number of carbonyl (C=O) groups excluding carboxylic acids is 1. The molecule has 1 saturated carbocycles. The van der Waals surface area contributed by atoms with Crippen LogP contribution in [0.5, 0.6) is 0 Å². The summed E-state index contributed by atoms with van der Waals surface area (Å²) >= 11 is 0. The number of benzene rings is 1. The Labute approximate surface area is 216 Å². The van der Waals surface area contributed by atoms with E-state index in [0.29, 0.717) is 52.7 Å². The van der Waals surface area contributed by atoms with Gasteiger partial charge in [0.25, 0.3) is 5.91 Å². The second-order valence-corrected chi connectivity index (χ2v) is 9.58. The maximum atomic E-state index is 13.3. The summed E-state index contributed by atoms with van der Waals surface area (Å²) in [4.78, 5) is 27.7. The molecular weight excluding hydrogens is 471 g/mol. The number of hydrogen-bond donors (Lipinski definition) is 3. The monoisotopic (exact) mass is 504 g/mol. The number of imidazole rings is 1. The van der Waals surface area contributed by atoms with Gasteiger partial charge in [-0.1, -0.05) is 19.8 Å². The van der Waals surface area contributed by atoms with Crippen LogP contribution in [0, 0.1) is 11.7 Å². The number of halogens is 1. The zero-order chi connectivity index (χ0) is 25.6. The van der Waals surface area contributed by atoms with Crippen LogP contribution in [0.1, 0.15) is 43.0 Å². The van der Waals surface area contributed by atoms with Crippen LogP contribution in [-0.4, -0.2) is 58.5 Å². The average Bonchev–Trinajstić information content (AvgIpc) is 3.64. The molecule has 37 heavy (non-hydrogen) atoms. The fourth-order valence-corrected chi connectivity index (χ4v) is 4.48. The van der Waals surface area contributed by atoms with Gasteiger partial charge in [-0.2, -0.15) is 0 Å². The number of ether oxygens (including phenoxy) is 1. The van der Waals surface area contributed by atoms with Crippen LogP contribution < -0.4 is 10.6 Å². The molecule has 0 saturated heterocycles. The van der Waals surface area contributed by atoms with Crippen LogP contribution in [0.15, 0.2) is 60.3 Å². The van der Waals surface area contributed by atoms with Gasteiger partial charge in [0.05, 0.1) is 23.3 Å². The second kappa shape index (κ2) is 11.6. The second-order valence-electron chi connectivity index (χ2n) is 9.58. The van der Waals surface area contributed by atoms with Gasteiger partial charge in [0.1, 0.15) is 24.0 Å². The summed E-state index contributed by atoms with van der Waals surface area (Å²) in [6.45, 7) is 6.26. The summed E-state index contributed by atoms with van der Waals surface area (Å²) in [7, 11) is 0. The van der Waals surface area contributed by atoms with Crippen LogP contribution in [0.2, 0.25) is 0 Å². The van der Waals surface area contributed by atoms with Crippen molar-refractivity contribution >= 4 is 17.1 Å². The third-order valence-electron chi connectivity index (χ3n) is 6.70. The number of H-pyrrole nitrogens is 1. The Balaban J connectivity index is 1.27. The molecule has 194 valence electrons. The highest BCUT2D eigenvalue weighted by molar-refractivity contribution is 6.05. The molecule has 1 aromatic carbocycles. The maximum absolute atomic E-state index is 13.3. The number of amides is 1. The van der Waals surface area contributed by atoms with Crippen LogP contribution >= 0.6 is 0 Å². The van der Waals surface area contributed by atoms with Crippen molar-refractivity contribution in [3.8, 4) is 11.4 Å². The number of pyridine rings is 1. The summed E-state index contributed by atoms with van der Waals surface area (Å²) in [6, 6.07) is 7.66. The van der Waals surface area contributed by atoms with Crippen molar-refractivity contribution in [3.63, 3.8) is 0 Å². The van der Waals surface area contributed by atoms with E-state index in [1.54, 1.807) is 24.4 Å². The number of hydrogen-bond acceptors (Lipinski definition) is 6. The predicted molar refractivity (Wildman–Crippen MR) is 141 cm³/mol. The minimum atomic E-state index is -0.323. The number of dihydropyridines is 1. The first-order valence-corrected chi connectivity index (χ1v) is 13.0. The largest absolute Gasteiger partial charge is 0.490 e. The smallest absolute Gasteiger partial charge is 0.257 e. The number of nitrogens with zero attached hydrogens (tertiary/aromatic N) is 3. The molecule has 2 aliphatic rings.